The minimum atomic E-state index is -0.980. The van der Waals surface area contributed by atoms with Gasteiger partial charge >= 0.3 is 12.0 Å². The number of benzene rings is 1. The molecule has 5 nitrogen and oxygen atoms in total. The van der Waals surface area contributed by atoms with Gasteiger partial charge in [0.05, 0.1) is 0 Å². The summed E-state index contributed by atoms with van der Waals surface area (Å²) in [5, 5.41) is 11.4. The van der Waals surface area contributed by atoms with Crippen LogP contribution in [0.25, 0.3) is 6.08 Å². The Morgan fingerprint density at radius 2 is 2.00 bits per heavy atom. The van der Waals surface area contributed by atoms with E-state index in [4.69, 9.17) is 5.11 Å². The molecule has 1 atom stereocenters. The summed E-state index contributed by atoms with van der Waals surface area (Å²) in [6, 6.07) is 7.29. The van der Waals surface area contributed by atoms with E-state index in [0.717, 1.165) is 31.0 Å². The molecule has 1 aromatic rings. The highest BCUT2D eigenvalue weighted by atomic mass is 16.4. The summed E-state index contributed by atoms with van der Waals surface area (Å²) in [6.45, 7) is 2.87. The zero-order valence-electron chi connectivity index (χ0n) is 12.1. The standard InChI is InChI=1S/C16H20N2O3/c1-12-4-2-3-11-18(12)16(21)17-14-8-5-13(6-9-14)7-10-15(19)20/h5-10,12H,2-4,11H2,1H3,(H,17,21)(H,19,20). The molecule has 1 aliphatic heterocycles. The van der Waals surface area contributed by atoms with Crippen LogP contribution in [0.4, 0.5) is 10.5 Å². The summed E-state index contributed by atoms with van der Waals surface area (Å²) < 4.78 is 0. The van der Waals surface area contributed by atoms with Crippen molar-refractivity contribution < 1.29 is 14.7 Å². The van der Waals surface area contributed by atoms with E-state index < -0.39 is 5.97 Å². The number of aliphatic carboxylic acids is 1. The summed E-state index contributed by atoms with van der Waals surface area (Å²) in [6.07, 6.45) is 5.88. The third-order valence-electron chi connectivity index (χ3n) is 3.64. The van der Waals surface area contributed by atoms with Gasteiger partial charge in [-0.3, -0.25) is 0 Å². The Morgan fingerprint density at radius 1 is 1.29 bits per heavy atom. The van der Waals surface area contributed by atoms with E-state index in [2.05, 4.69) is 12.2 Å². The molecular formula is C16H20N2O3. The van der Waals surface area contributed by atoms with E-state index in [1.807, 2.05) is 4.90 Å². The molecule has 0 radical (unpaired) electrons. The number of carboxylic acids is 1. The Morgan fingerprint density at radius 3 is 2.62 bits per heavy atom. The van der Waals surface area contributed by atoms with Gasteiger partial charge in [0.15, 0.2) is 0 Å². The van der Waals surface area contributed by atoms with E-state index in [1.54, 1.807) is 24.3 Å². The van der Waals surface area contributed by atoms with E-state index in [9.17, 15) is 9.59 Å². The van der Waals surface area contributed by atoms with Crippen LogP contribution in [0.2, 0.25) is 0 Å². The number of hydrogen-bond donors (Lipinski definition) is 2. The van der Waals surface area contributed by atoms with Gasteiger partial charge in [0.25, 0.3) is 0 Å². The Labute approximate surface area is 124 Å². The first-order chi connectivity index (χ1) is 10.1. The Balaban J connectivity index is 1.96. The number of nitrogens with zero attached hydrogens (tertiary/aromatic N) is 1. The van der Waals surface area contributed by atoms with Crippen molar-refractivity contribution in [1.29, 1.82) is 0 Å². The number of urea groups is 1. The molecule has 0 spiro atoms. The van der Waals surface area contributed by atoms with Crippen LogP contribution in [0.3, 0.4) is 0 Å². The van der Waals surface area contributed by atoms with Crippen molar-refractivity contribution in [2.24, 2.45) is 0 Å². The number of anilines is 1. The van der Waals surface area contributed by atoms with Crippen LogP contribution in [0.1, 0.15) is 31.7 Å². The van der Waals surface area contributed by atoms with E-state index >= 15 is 0 Å². The topological polar surface area (TPSA) is 69.6 Å². The first-order valence-corrected chi connectivity index (χ1v) is 7.15. The second-order valence-electron chi connectivity index (χ2n) is 5.26. The number of hydrogen-bond acceptors (Lipinski definition) is 2. The molecule has 0 bridgehead atoms. The lowest BCUT2D eigenvalue weighted by Gasteiger charge is -2.33. The SMILES string of the molecule is CC1CCCCN1C(=O)Nc1ccc(C=CC(=O)O)cc1. The Bertz CT molecular complexity index is 537. The highest BCUT2D eigenvalue weighted by molar-refractivity contribution is 5.90. The minimum absolute atomic E-state index is 0.0731. The number of carbonyl (C=O) groups is 2. The van der Waals surface area contributed by atoms with E-state index in [0.29, 0.717) is 5.69 Å². The van der Waals surface area contributed by atoms with Crippen LogP contribution in [0, 0.1) is 0 Å². The third kappa shape index (κ3) is 4.34. The molecule has 1 aromatic carbocycles. The average Bonchev–Trinajstić information content (AvgIpc) is 2.47. The molecule has 2 amide bonds. The van der Waals surface area contributed by atoms with Crippen LogP contribution < -0.4 is 5.32 Å². The quantitative estimate of drug-likeness (QED) is 0.839. The van der Waals surface area contributed by atoms with Crippen LogP contribution in [-0.4, -0.2) is 34.6 Å². The highest BCUT2D eigenvalue weighted by Crippen LogP contribution is 2.18. The zero-order valence-corrected chi connectivity index (χ0v) is 12.1. The molecule has 2 rings (SSSR count). The van der Waals surface area contributed by atoms with Crippen molar-refractivity contribution in [1.82, 2.24) is 4.90 Å². The maximum absolute atomic E-state index is 12.2. The largest absolute Gasteiger partial charge is 0.478 e. The van der Waals surface area contributed by atoms with Crippen molar-refractivity contribution >= 4 is 23.8 Å². The van der Waals surface area contributed by atoms with Gasteiger partial charge in [0, 0.05) is 24.4 Å². The second-order valence-corrected chi connectivity index (χ2v) is 5.26. The van der Waals surface area contributed by atoms with Crippen LogP contribution in [0.15, 0.2) is 30.3 Å². The van der Waals surface area contributed by atoms with Gasteiger partial charge in [-0.15, -0.1) is 0 Å². The van der Waals surface area contributed by atoms with Crippen molar-refractivity contribution in [3.05, 3.63) is 35.9 Å². The lowest BCUT2D eigenvalue weighted by molar-refractivity contribution is -0.131. The number of rotatable bonds is 3. The molecule has 2 N–H and O–H groups in total. The normalized spacial score (nSPS) is 18.7. The number of likely N-dealkylation sites (tertiary alicyclic amines) is 1. The number of carbonyl (C=O) groups excluding carboxylic acids is 1. The number of carboxylic acid groups (broad SMARTS) is 1. The predicted molar refractivity (Wildman–Crippen MR) is 82.1 cm³/mol. The van der Waals surface area contributed by atoms with Crippen molar-refractivity contribution in [3.8, 4) is 0 Å². The van der Waals surface area contributed by atoms with Gasteiger partial charge in [-0.2, -0.15) is 0 Å². The average molecular weight is 288 g/mol. The summed E-state index contributed by atoms with van der Waals surface area (Å²) >= 11 is 0. The first kappa shape index (κ1) is 15.1. The van der Waals surface area contributed by atoms with Crippen LogP contribution in [0.5, 0.6) is 0 Å². The van der Waals surface area contributed by atoms with Gasteiger partial charge in [-0.05, 0) is 50.0 Å². The lowest BCUT2D eigenvalue weighted by atomic mass is 10.0. The molecule has 0 saturated carbocycles. The first-order valence-electron chi connectivity index (χ1n) is 7.15. The molecule has 1 saturated heterocycles. The predicted octanol–water partition coefficient (Wildman–Crippen LogP) is 3.19. The summed E-state index contributed by atoms with van der Waals surface area (Å²) in [5.41, 5.74) is 1.49. The number of amides is 2. The van der Waals surface area contributed by atoms with Gasteiger partial charge in [0.2, 0.25) is 0 Å². The second kappa shape index (κ2) is 6.92. The molecule has 5 heteroatoms. The van der Waals surface area contributed by atoms with E-state index in [1.165, 1.54) is 12.5 Å². The fourth-order valence-corrected chi connectivity index (χ4v) is 2.44. The van der Waals surface area contributed by atoms with E-state index in [-0.39, 0.29) is 12.1 Å². The summed E-state index contributed by atoms with van der Waals surface area (Å²) in [5.74, 6) is -0.980. The fourth-order valence-electron chi connectivity index (χ4n) is 2.44. The number of nitrogens with one attached hydrogen (secondary N) is 1. The maximum atomic E-state index is 12.2. The molecule has 0 aliphatic carbocycles. The van der Waals surface area contributed by atoms with Gasteiger partial charge < -0.3 is 15.3 Å². The Kier molecular flexibility index (Phi) is 4.98. The monoisotopic (exact) mass is 288 g/mol. The number of piperidine rings is 1. The molecule has 21 heavy (non-hydrogen) atoms. The smallest absolute Gasteiger partial charge is 0.328 e. The molecule has 112 valence electrons. The van der Waals surface area contributed by atoms with Crippen molar-refractivity contribution in [3.63, 3.8) is 0 Å². The van der Waals surface area contributed by atoms with Crippen LogP contribution >= 0.6 is 0 Å². The zero-order chi connectivity index (χ0) is 15.2. The lowest BCUT2D eigenvalue weighted by Crippen LogP contribution is -2.44. The third-order valence-corrected chi connectivity index (χ3v) is 3.64. The molecule has 1 aliphatic rings. The van der Waals surface area contributed by atoms with Crippen molar-refractivity contribution in [2.45, 2.75) is 32.2 Å². The van der Waals surface area contributed by atoms with Crippen LogP contribution in [-0.2, 0) is 4.79 Å². The molecule has 1 fully saturated rings. The fraction of sp³-hybridized carbons (Fsp3) is 0.375. The highest BCUT2D eigenvalue weighted by Gasteiger charge is 2.22. The van der Waals surface area contributed by atoms with Gasteiger partial charge in [-0.25, -0.2) is 9.59 Å². The maximum Gasteiger partial charge on any atom is 0.328 e. The minimum Gasteiger partial charge on any atom is -0.478 e. The summed E-state index contributed by atoms with van der Waals surface area (Å²) in [4.78, 5) is 24.5. The van der Waals surface area contributed by atoms with Gasteiger partial charge in [0.1, 0.15) is 0 Å². The summed E-state index contributed by atoms with van der Waals surface area (Å²) in [7, 11) is 0. The van der Waals surface area contributed by atoms with Gasteiger partial charge in [-0.1, -0.05) is 12.1 Å². The molecular weight excluding hydrogens is 268 g/mol. The van der Waals surface area contributed by atoms with Crippen molar-refractivity contribution in [2.75, 3.05) is 11.9 Å². The Hall–Kier alpha value is -2.30. The molecule has 1 unspecified atom stereocenters. The molecule has 0 aromatic heterocycles. The molecule has 1 heterocycles.